The quantitative estimate of drug-likeness (QED) is 0.786. The number of benzene rings is 2. The Morgan fingerprint density at radius 1 is 0.929 bits per heavy atom. The first kappa shape index (κ1) is 20.1. The van der Waals surface area contributed by atoms with E-state index in [0.29, 0.717) is 13.1 Å². The summed E-state index contributed by atoms with van der Waals surface area (Å²) in [5, 5.41) is 3.06. The monoisotopic (exact) mass is 378 g/mol. The maximum atomic E-state index is 13.0. The molecule has 4 nitrogen and oxygen atoms in total. The van der Waals surface area contributed by atoms with E-state index in [-0.39, 0.29) is 23.7 Å². The van der Waals surface area contributed by atoms with Crippen LogP contribution in [0.1, 0.15) is 43.7 Å². The van der Waals surface area contributed by atoms with Crippen molar-refractivity contribution in [3.63, 3.8) is 0 Å². The minimum atomic E-state index is -0.00661. The van der Waals surface area contributed by atoms with Gasteiger partial charge in [0, 0.05) is 30.6 Å². The molecule has 0 aliphatic heterocycles. The summed E-state index contributed by atoms with van der Waals surface area (Å²) in [5.74, 6) is 0.333. The molecule has 0 atom stereocenters. The van der Waals surface area contributed by atoms with E-state index in [9.17, 15) is 9.59 Å². The molecule has 2 aromatic rings. The number of nitrogens with zero attached hydrogens (tertiary/aromatic N) is 1. The molecule has 4 heteroatoms. The van der Waals surface area contributed by atoms with Crippen LogP contribution in [0, 0.1) is 18.8 Å². The molecule has 0 aromatic heterocycles. The molecule has 3 rings (SSSR count). The number of carbonyl (C=O) groups excluding carboxylic acids is 2. The topological polar surface area (TPSA) is 49.4 Å². The van der Waals surface area contributed by atoms with Gasteiger partial charge in [0.1, 0.15) is 0 Å². The number of carbonyl (C=O) groups is 2. The fraction of sp³-hybridized carbons (Fsp3) is 0.417. The second-order valence-electron chi connectivity index (χ2n) is 7.69. The summed E-state index contributed by atoms with van der Waals surface area (Å²) >= 11 is 0. The van der Waals surface area contributed by atoms with E-state index in [2.05, 4.69) is 17.4 Å². The third-order valence-corrected chi connectivity index (χ3v) is 5.76. The zero-order valence-electron chi connectivity index (χ0n) is 16.9. The SMILES string of the molecule is CCN(Cc1ccccc1)C(=O)C1CCC(C(=O)Nc2ccccc2C)CC1. The molecule has 0 radical (unpaired) electrons. The molecule has 148 valence electrons. The normalized spacial score (nSPS) is 19.1. The van der Waals surface area contributed by atoms with Crippen molar-refractivity contribution >= 4 is 17.5 Å². The van der Waals surface area contributed by atoms with Crippen molar-refractivity contribution < 1.29 is 9.59 Å². The van der Waals surface area contributed by atoms with Gasteiger partial charge in [-0.15, -0.1) is 0 Å². The Morgan fingerprint density at radius 2 is 1.54 bits per heavy atom. The van der Waals surface area contributed by atoms with E-state index < -0.39 is 0 Å². The largest absolute Gasteiger partial charge is 0.338 e. The molecular formula is C24H30N2O2. The second kappa shape index (κ2) is 9.54. The number of hydrogen-bond donors (Lipinski definition) is 1. The van der Waals surface area contributed by atoms with Crippen molar-refractivity contribution in [3.8, 4) is 0 Å². The van der Waals surface area contributed by atoms with Crippen molar-refractivity contribution in [3.05, 3.63) is 65.7 Å². The summed E-state index contributed by atoms with van der Waals surface area (Å²) in [6.45, 7) is 5.39. The molecule has 2 amide bonds. The van der Waals surface area contributed by atoms with Crippen LogP contribution in [0.5, 0.6) is 0 Å². The average molecular weight is 379 g/mol. The lowest BCUT2D eigenvalue weighted by Crippen LogP contribution is -2.38. The van der Waals surface area contributed by atoms with Gasteiger partial charge in [-0.05, 0) is 56.7 Å². The molecule has 0 saturated heterocycles. The maximum absolute atomic E-state index is 13.0. The van der Waals surface area contributed by atoms with Crippen molar-refractivity contribution in [2.45, 2.75) is 46.1 Å². The van der Waals surface area contributed by atoms with Crippen LogP contribution < -0.4 is 5.32 Å². The Balaban J connectivity index is 1.53. The van der Waals surface area contributed by atoms with Gasteiger partial charge in [-0.3, -0.25) is 9.59 Å². The summed E-state index contributed by atoms with van der Waals surface area (Å²) < 4.78 is 0. The zero-order valence-corrected chi connectivity index (χ0v) is 16.9. The van der Waals surface area contributed by atoms with Crippen LogP contribution in [0.3, 0.4) is 0 Å². The van der Waals surface area contributed by atoms with Crippen LogP contribution in [0.15, 0.2) is 54.6 Å². The van der Waals surface area contributed by atoms with Crippen LogP contribution >= 0.6 is 0 Å². The second-order valence-corrected chi connectivity index (χ2v) is 7.69. The van der Waals surface area contributed by atoms with Crippen molar-refractivity contribution in [2.24, 2.45) is 11.8 Å². The Labute approximate surface area is 167 Å². The van der Waals surface area contributed by atoms with Gasteiger partial charge in [-0.2, -0.15) is 0 Å². The van der Waals surface area contributed by atoms with Gasteiger partial charge >= 0.3 is 0 Å². The lowest BCUT2D eigenvalue weighted by Gasteiger charge is -2.31. The first-order valence-corrected chi connectivity index (χ1v) is 10.3. The molecule has 2 aromatic carbocycles. The highest BCUT2D eigenvalue weighted by Crippen LogP contribution is 2.31. The fourth-order valence-corrected chi connectivity index (χ4v) is 3.96. The number of nitrogens with one attached hydrogen (secondary N) is 1. The summed E-state index contributed by atoms with van der Waals surface area (Å²) in [7, 11) is 0. The van der Waals surface area contributed by atoms with E-state index in [0.717, 1.165) is 42.5 Å². The van der Waals surface area contributed by atoms with Gasteiger partial charge < -0.3 is 10.2 Å². The van der Waals surface area contributed by atoms with Crippen molar-refractivity contribution in [1.29, 1.82) is 0 Å². The molecule has 1 aliphatic rings. The Morgan fingerprint density at radius 3 is 2.18 bits per heavy atom. The van der Waals surface area contributed by atoms with Crippen LogP contribution in [0.2, 0.25) is 0 Å². The Bertz CT molecular complexity index is 795. The van der Waals surface area contributed by atoms with Gasteiger partial charge in [0.15, 0.2) is 0 Å². The average Bonchev–Trinajstić information content (AvgIpc) is 2.74. The van der Waals surface area contributed by atoms with Gasteiger partial charge in [-0.25, -0.2) is 0 Å². The molecule has 28 heavy (non-hydrogen) atoms. The minimum Gasteiger partial charge on any atom is -0.338 e. The van der Waals surface area contributed by atoms with E-state index in [1.54, 1.807) is 0 Å². The summed E-state index contributed by atoms with van der Waals surface area (Å²) in [4.78, 5) is 27.5. The van der Waals surface area contributed by atoms with E-state index >= 15 is 0 Å². The zero-order chi connectivity index (χ0) is 19.9. The predicted octanol–water partition coefficient (Wildman–Crippen LogP) is 4.79. The van der Waals surface area contributed by atoms with Gasteiger partial charge in [-0.1, -0.05) is 48.5 Å². The third kappa shape index (κ3) is 5.00. The van der Waals surface area contributed by atoms with Crippen LogP contribution in [-0.4, -0.2) is 23.3 Å². The van der Waals surface area contributed by atoms with Crippen molar-refractivity contribution in [1.82, 2.24) is 4.90 Å². The molecule has 0 spiro atoms. The smallest absolute Gasteiger partial charge is 0.227 e. The Kier molecular flexibility index (Phi) is 6.85. The molecule has 0 bridgehead atoms. The lowest BCUT2D eigenvalue weighted by molar-refractivity contribution is -0.138. The maximum Gasteiger partial charge on any atom is 0.227 e. The first-order chi connectivity index (χ1) is 13.6. The summed E-state index contributed by atoms with van der Waals surface area (Å²) in [6, 6.07) is 18.0. The predicted molar refractivity (Wildman–Crippen MR) is 113 cm³/mol. The highest BCUT2D eigenvalue weighted by Gasteiger charge is 2.32. The fourth-order valence-electron chi connectivity index (χ4n) is 3.96. The summed E-state index contributed by atoms with van der Waals surface area (Å²) in [6.07, 6.45) is 3.12. The molecular weight excluding hydrogens is 348 g/mol. The van der Waals surface area contributed by atoms with E-state index in [1.165, 1.54) is 0 Å². The molecule has 1 fully saturated rings. The number of amides is 2. The first-order valence-electron chi connectivity index (χ1n) is 10.3. The van der Waals surface area contributed by atoms with Gasteiger partial charge in [0.2, 0.25) is 11.8 Å². The number of anilines is 1. The van der Waals surface area contributed by atoms with Crippen molar-refractivity contribution in [2.75, 3.05) is 11.9 Å². The Hall–Kier alpha value is -2.62. The highest BCUT2D eigenvalue weighted by atomic mass is 16.2. The number of para-hydroxylation sites is 1. The van der Waals surface area contributed by atoms with Gasteiger partial charge in [0.05, 0.1) is 0 Å². The standard InChI is InChI=1S/C24H30N2O2/c1-3-26(17-19-10-5-4-6-11-19)24(28)21-15-13-20(14-16-21)23(27)25-22-12-8-7-9-18(22)2/h4-12,20-21H,3,13-17H2,1-2H3,(H,25,27). The molecule has 1 saturated carbocycles. The van der Waals surface area contributed by atoms with Gasteiger partial charge in [0.25, 0.3) is 0 Å². The lowest BCUT2D eigenvalue weighted by atomic mass is 9.80. The number of aryl methyl sites for hydroxylation is 1. The molecule has 0 unspecified atom stereocenters. The third-order valence-electron chi connectivity index (χ3n) is 5.76. The molecule has 0 heterocycles. The number of hydrogen-bond acceptors (Lipinski definition) is 2. The molecule has 1 N–H and O–H groups in total. The van der Waals surface area contributed by atoms with Crippen LogP contribution in [0.4, 0.5) is 5.69 Å². The highest BCUT2D eigenvalue weighted by molar-refractivity contribution is 5.93. The van der Waals surface area contributed by atoms with E-state index in [4.69, 9.17) is 0 Å². The molecule has 1 aliphatic carbocycles. The minimum absolute atomic E-state index is 0.00661. The van der Waals surface area contributed by atoms with E-state index in [1.807, 2.05) is 61.2 Å². The summed E-state index contributed by atoms with van der Waals surface area (Å²) in [5.41, 5.74) is 3.11. The van der Waals surface area contributed by atoms with Crippen LogP contribution in [-0.2, 0) is 16.1 Å². The van der Waals surface area contributed by atoms with Crippen LogP contribution in [0.25, 0.3) is 0 Å². The number of rotatable bonds is 6.